The lowest BCUT2D eigenvalue weighted by Gasteiger charge is -2.13. The van der Waals surface area contributed by atoms with Gasteiger partial charge in [-0.25, -0.2) is 24.4 Å². The largest absolute Gasteiger partial charge is 0.497 e. The van der Waals surface area contributed by atoms with Crippen LogP contribution in [0.4, 0.5) is 5.69 Å². The molecule has 150 valence electrons. The van der Waals surface area contributed by atoms with E-state index in [1.165, 1.54) is 13.2 Å². The molecule has 1 aliphatic rings. The zero-order valence-electron chi connectivity index (χ0n) is 15.4. The third kappa shape index (κ3) is 4.42. The molecular weight excluding hydrogens is 384 g/mol. The normalized spacial score (nSPS) is 19.2. The van der Waals surface area contributed by atoms with Gasteiger partial charge in [0, 0.05) is 17.8 Å². The average molecular weight is 406 g/mol. The summed E-state index contributed by atoms with van der Waals surface area (Å²) >= 11 is 0. The molecule has 9 nitrogen and oxygen atoms in total. The van der Waals surface area contributed by atoms with Gasteiger partial charge in [0.05, 0.1) is 14.2 Å². The van der Waals surface area contributed by atoms with E-state index in [-0.39, 0.29) is 22.6 Å². The molecule has 2 aromatic carbocycles. The number of hydrogen-bond donors (Lipinski definition) is 4. The van der Waals surface area contributed by atoms with E-state index in [0.717, 1.165) is 0 Å². The first kappa shape index (κ1) is 20.1. The van der Waals surface area contributed by atoms with Crippen LogP contribution in [0.15, 0.2) is 47.4 Å². The van der Waals surface area contributed by atoms with Gasteiger partial charge in [0.1, 0.15) is 22.4 Å². The Labute approximate surface area is 163 Å². The molecule has 0 saturated carbocycles. The maximum Gasteiger partial charge on any atom is 0.242 e. The number of anilines is 1. The van der Waals surface area contributed by atoms with E-state index in [1.54, 1.807) is 43.5 Å². The molecule has 1 heterocycles. The van der Waals surface area contributed by atoms with Crippen molar-refractivity contribution in [1.29, 1.82) is 0 Å². The predicted molar refractivity (Wildman–Crippen MR) is 103 cm³/mol. The summed E-state index contributed by atoms with van der Waals surface area (Å²) in [5.74, 6) is 0.592. The lowest BCUT2D eigenvalue weighted by Crippen LogP contribution is -2.39. The summed E-state index contributed by atoms with van der Waals surface area (Å²) in [6.45, 7) is 0. The fourth-order valence-corrected chi connectivity index (χ4v) is 3.74. The Morgan fingerprint density at radius 3 is 2.61 bits per heavy atom. The number of carbonyl (C=O) groups is 1. The van der Waals surface area contributed by atoms with Crippen molar-refractivity contribution in [3.63, 3.8) is 0 Å². The van der Waals surface area contributed by atoms with Crippen molar-refractivity contribution < 1.29 is 22.7 Å². The maximum absolute atomic E-state index is 12.5. The second-order valence-corrected chi connectivity index (χ2v) is 7.84. The summed E-state index contributed by atoms with van der Waals surface area (Å²) in [4.78, 5) is 12.4. The smallest absolute Gasteiger partial charge is 0.242 e. The molecule has 2 unspecified atom stereocenters. The van der Waals surface area contributed by atoms with E-state index < -0.39 is 16.1 Å². The van der Waals surface area contributed by atoms with Crippen molar-refractivity contribution >= 4 is 21.6 Å². The van der Waals surface area contributed by atoms with E-state index in [1.807, 2.05) is 0 Å². The quantitative estimate of drug-likeness (QED) is 0.560. The number of carbonyl (C=O) groups excluding carboxylic acids is 1. The number of sulfonamides is 1. The SMILES string of the molecule is COc1cccc(NC(=O)C2CC(c3ccc(OC)c(S(N)(=O)=O)c3)NN2)c1. The molecule has 3 rings (SSSR count). The molecule has 0 aromatic heterocycles. The zero-order valence-corrected chi connectivity index (χ0v) is 16.2. The Bertz CT molecular complexity index is 980. The number of benzene rings is 2. The summed E-state index contributed by atoms with van der Waals surface area (Å²) in [5, 5.41) is 8.09. The summed E-state index contributed by atoms with van der Waals surface area (Å²) in [5.41, 5.74) is 7.25. The van der Waals surface area contributed by atoms with Gasteiger partial charge in [0.25, 0.3) is 0 Å². The van der Waals surface area contributed by atoms with Crippen LogP contribution in [-0.4, -0.2) is 34.6 Å². The van der Waals surface area contributed by atoms with Gasteiger partial charge in [0.15, 0.2) is 0 Å². The van der Waals surface area contributed by atoms with Crippen LogP contribution in [0.25, 0.3) is 0 Å². The van der Waals surface area contributed by atoms with Crippen molar-refractivity contribution in [2.24, 2.45) is 5.14 Å². The summed E-state index contributed by atoms with van der Waals surface area (Å²) in [6.07, 6.45) is 0.423. The van der Waals surface area contributed by atoms with Crippen LogP contribution in [0, 0.1) is 0 Å². The third-order valence-electron chi connectivity index (χ3n) is 4.45. The van der Waals surface area contributed by atoms with E-state index in [2.05, 4.69) is 16.2 Å². The van der Waals surface area contributed by atoms with Gasteiger partial charge in [-0.1, -0.05) is 12.1 Å². The van der Waals surface area contributed by atoms with Crippen molar-refractivity contribution in [2.45, 2.75) is 23.4 Å². The highest BCUT2D eigenvalue weighted by atomic mass is 32.2. The Hall–Kier alpha value is -2.66. The van der Waals surface area contributed by atoms with Gasteiger partial charge in [-0.15, -0.1) is 0 Å². The second kappa shape index (κ2) is 8.15. The molecule has 2 atom stereocenters. The number of hydrogen-bond acceptors (Lipinski definition) is 7. The molecule has 1 amide bonds. The standard InChI is InChI=1S/C18H22N4O5S/c1-26-13-5-3-4-12(9-13)20-18(23)15-10-14(21-22-15)11-6-7-16(27-2)17(8-11)28(19,24)25/h3-9,14-15,21-22H,10H2,1-2H3,(H,20,23)(H2,19,24,25). The van der Waals surface area contributed by atoms with Gasteiger partial charge in [-0.05, 0) is 36.2 Å². The number of nitrogens with one attached hydrogen (secondary N) is 3. The summed E-state index contributed by atoms with van der Waals surface area (Å²) < 4.78 is 33.8. The molecule has 2 aromatic rings. The number of nitrogens with two attached hydrogens (primary N) is 1. The molecule has 0 aliphatic carbocycles. The molecule has 1 aliphatic heterocycles. The molecule has 0 bridgehead atoms. The van der Waals surface area contributed by atoms with Crippen molar-refractivity contribution in [1.82, 2.24) is 10.9 Å². The van der Waals surface area contributed by atoms with Crippen LogP contribution >= 0.6 is 0 Å². The topological polar surface area (TPSA) is 132 Å². The molecular formula is C18H22N4O5S. The lowest BCUT2D eigenvalue weighted by molar-refractivity contribution is -0.117. The van der Waals surface area contributed by atoms with Gasteiger partial charge in [0.2, 0.25) is 15.9 Å². The fraction of sp³-hybridized carbons (Fsp3) is 0.278. The minimum atomic E-state index is -3.94. The minimum Gasteiger partial charge on any atom is -0.497 e. The zero-order chi connectivity index (χ0) is 20.3. The highest BCUT2D eigenvalue weighted by Crippen LogP contribution is 2.30. The highest BCUT2D eigenvalue weighted by Gasteiger charge is 2.31. The van der Waals surface area contributed by atoms with Crippen LogP contribution in [-0.2, 0) is 14.8 Å². The summed E-state index contributed by atoms with van der Waals surface area (Å²) in [7, 11) is -1.01. The highest BCUT2D eigenvalue weighted by molar-refractivity contribution is 7.89. The Morgan fingerprint density at radius 1 is 1.14 bits per heavy atom. The Balaban J connectivity index is 1.72. The maximum atomic E-state index is 12.5. The molecule has 10 heteroatoms. The van der Waals surface area contributed by atoms with Crippen molar-refractivity contribution in [3.05, 3.63) is 48.0 Å². The number of ether oxygens (including phenoxy) is 2. The Kier molecular flexibility index (Phi) is 5.84. The number of methoxy groups -OCH3 is 2. The first-order valence-electron chi connectivity index (χ1n) is 8.48. The first-order chi connectivity index (χ1) is 13.3. The van der Waals surface area contributed by atoms with Crippen molar-refractivity contribution in [2.75, 3.05) is 19.5 Å². The van der Waals surface area contributed by atoms with Gasteiger partial charge in [-0.3, -0.25) is 4.79 Å². The summed E-state index contributed by atoms with van der Waals surface area (Å²) in [6, 6.07) is 11.0. The number of amides is 1. The second-order valence-electron chi connectivity index (χ2n) is 6.31. The molecule has 0 spiro atoms. The molecule has 1 saturated heterocycles. The van der Waals surface area contributed by atoms with Gasteiger partial charge < -0.3 is 14.8 Å². The van der Waals surface area contributed by atoms with Crippen LogP contribution in [0.5, 0.6) is 11.5 Å². The first-order valence-corrected chi connectivity index (χ1v) is 10.0. The number of primary sulfonamides is 1. The monoisotopic (exact) mass is 406 g/mol. The minimum absolute atomic E-state index is 0.0985. The molecule has 28 heavy (non-hydrogen) atoms. The predicted octanol–water partition coefficient (Wildman–Crippen LogP) is 0.898. The molecule has 1 fully saturated rings. The van der Waals surface area contributed by atoms with Crippen LogP contribution < -0.4 is 30.8 Å². The van der Waals surface area contributed by atoms with Gasteiger partial charge >= 0.3 is 0 Å². The number of hydrazine groups is 1. The molecule has 5 N–H and O–H groups in total. The van der Waals surface area contributed by atoms with Crippen LogP contribution in [0.1, 0.15) is 18.0 Å². The lowest BCUT2D eigenvalue weighted by atomic mass is 10.0. The van der Waals surface area contributed by atoms with E-state index in [4.69, 9.17) is 14.6 Å². The number of rotatable bonds is 6. The van der Waals surface area contributed by atoms with Crippen molar-refractivity contribution in [3.8, 4) is 11.5 Å². The van der Waals surface area contributed by atoms with E-state index in [0.29, 0.717) is 23.4 Å². The Morgan fingerprint density at radius 2 is 1.93 bits per heavy atom. The van der Waals surface area contributed by atoms with Crippen LogP contribution in [0.2, 0.25) is 0 Å². The van der Waals surface area contributed by atoms with E-state index in [9.17, 15) is 13.2 Å². The fourth-order valence-electron chi connectivity index (χ4n) is 3.01. The molecule has 0 radical (unpaired) electrons. The average Bonchev–Trinajstić information content (AvgIpc) is 3.17. The van der Waals surface area contributed by atoms with E-state index >= 15 is 0 Å². The van der Waals surface area contributed by atoms with Crippen LogP contribution in [0.3, 0.4) is 0 Å². The third-order valence-corrected chi connectivity index (χ3v) is 5.39. The van der Waals surface area contributed by atoms with Gasteiger partial charge in [-0.2, -0.15) is 0 Å².